The fourth-order valence-corrected chi connectivity index (χ4v) is 1.83. The highest BCUT2D eigenvalue weighted by atomic mass is 79.9. The van der Waals surface area contributed by atoms with E-state index >= 15 is 0 Å². The maximum atomic E-state index is 11.9. The van der Waals surface area contributed by atoms with Gasteiger partial charge in [-0.1, -0.05) is 0 Å². The Kier molecular flexibility index (Phi) is 3.66. The second-order valence-corrected chi connectivity index (χ2v) is 4.71. The van der Waals surface area contributed by atoms with E-state index in [2.05, 4.69) is 26.3 Å². The molecule has 1 aromatic carbocycles. The number of nitrogens with zero attached hydrogens (tertiary/aromatic N) is 2. The molecule has 1 aromatic heterocycles. The van der Waals surface area contributed by atoms with Gasteiger partial charge < -0.3 is 10.4 Å². The zero-order valence-corrected chi connectivity index (χ0v) is 11.5. The number of anilines is 1. The number of carbonyl (C=O) groups excluding carboxylic acids is 1. The minimum absolute atomic E-state index is 0.102. The van der Waals surface area contributed by atoms with Gasteiger partial charge in [-0.05, 0) is 34.1 Å². The highest BCUT2D eigenvalue weighted by Gasteiger charge is 2.12. The molecule has 19 heavy (non-hydrogen) atoms. The maximum absolute atomic E-state index is 11.9. The number of rotatable bonds is 3. The van der Waals surface area contributed by atoms with Crippen molar-refractivity contribution in [2.75, 3.05) is 5.32 Å². The average Bonchev–Trinajstić information content (AvgIpc) is 2.78. The summed E-state index contributed by atoms with van der Waals surface area (Å²) in [5.74, 6) is -1.40. The topological polar surface area (TPSA) is 84.2 Å². The molecule has 2 N–H and O–H groups in total. The average molecular weight is 324 g/mol. The number of benzene rings is 1. The molecule has 0 aliphatic rings. The number of nitrogens with one attached hydrogen (secondary N) is 1. The third-order valence-corrected chi connectivity index (χ3v) is 3.12. The Hall–Kier alpha value is -2.15. The van der Waals surface area contributed by atoms with Gasteiger partial charge in [-0.3, -0.25) is 9.48 Å². The number of hydrogen-bond acceptors (Lipinski definition) is 3. The Morgan fingerprint density at radius 2 is 2.11 bits per heavy atom. The molecule has 98 valence electrons. The molecular formula is C12H10BrN3O3. The second-order valence-electron chi connectivity index (χ2n) is 3.86. The van der Waals surface area contributed by atoms with E-state index in [1.807, 2.05) is 0 Å². The van der Waals surface area contributed by atoms with Gasteiger partial charge in [0.2, 0.25) is 0 Å². The van der Waals surface area contributed by atoms with Gasteiger partial charge >= 0.3 is 5.97 Å². The van der Waals surface area contributed by atoms with Crippen LogP contribution >= 0.6 is 15.9 Å². The Labute approximate surface area is 117 Å². The van der Waals surface area contributed by atoms with Crippen molar-refractivity contribution in [3.05, 3.63) is 46.2 Å². The first-order valence-corrected chi connectivity index (χ1v) is 6.09. The molecule has 0 unspecified atom stereocenters. The van der Waals surface area contributed by atoms with E-state index < -0.39 is 5.97 Å². The minimum atomic E-state index is -1.05. The lowest BCUT2D eigenvalue weighted by molar-refractivity contribution is 0.0696. The molecule has 2 aromatic rings. The highest BCUT2D eigenvalue weighted by molar-refractivity contribution is 9.10. The van der Waals surface area contributed by atoms with Gasteiger partial charge in [-0.25, -0.2) is 4.79 Å². The van der Waals surface area contributed by atoms with Gasteiger partial charge in [0.05, 0.1) is 23.0 Å². The standard InChI is InChI=1S/C12H10BrN3O3/c1-16-6-8(5-14-16)11(17)15-10-4-7(12(18)19)2-3-9(10)13/h2-6H,1H3,(H,15,17)(H,18,19). The summed E-state index contributed by atoms with van der Waals surface area (Å²) in [7, 11) is 1.71. The SMILES string of the molecule is Cn1cc(C(=O)Nc2cc(C(=O)O)ccc2Br)cn1. The number of carbonyl (C=O) groups is 2. The third kappa shape index (κ3) is 3.00. The van der Waals surface area contributed by atoms with Gasteiger partial charge in [0.15, 0.2) is 0 Å². The van der Waals surface area contributed by atoms with Gasteiger partial charge in [0.1, 0.15) is 0 Å². The largest absolute Gasteiger partial charge is 0.478 e. The van der Waals surface area contributed by atoms with E-state index in [1.54, 1.807) is 19.3 Å². The molecular weight excluding hydrogens is 314 g/mol. The fourth-order valence-electron chi connectivity index (χ4n) is 1.49. The normalized spacial score (nSPS) is 10.2. The Morgan fingerprint density at radius 3 is 2.68 bits per heavy atom. The number of halogens is 1. The second kappa shape index (κ2) is 5.23. The summed E-state index contributed by atoms with van der Waals surface area (Å²) in [5.41, 5.74) is 0.897. The number of carboxylic acid groups (broad SMARTS) is 1. The zero-order chi connectivity index (χ0) is 14.0. The van der Waals surface area contributed by atoms with Crippen molar-refractivity contribution in [3.63, 3.8) is 0 Å². The van der Waals surface area contributed by atoms with Gasteiger partial charge in [0.25, 0.3) is 5.91 Å². The van der Waals surface area contributed by atoms with E-state index in [4.69, 9.17) is 5.11 Å². The third-order valence-electron chi connectivity index (χ3n) is 2.43. The summed E-state index contributed by atoms with van der Waals surface area (Å²) in [5, 5.41) is 15.4. The molecule has 2 rings (SSSR count). The zero-order valence-electron chi connectivity index (χ0n) is 9.92. The van der Waals surface area contributed by atoms with E-state index in [1.165, 1.54) is 23.0 Å². The molecule has 1 heterocycles. The smallest absolute Gasteiger partial charge is 0.335 e. The van der Waals surface area contributed by atoms with Crippen LogP contribution in [0.1, 0.15) is 20.7 Å². The molecule has 0 bridgehead atoms. The van der Waals surface area contributed by atoms with Crippen molar-refractivity contribution < 1.29 is 14.7 Å². The molecule has 0 fully saturated rings. The molecule has 0 atom stereocenters. The lowest BCUT2D eigenvalue weighted by Gasteiger charge is -2.07. The molecule has 0 spiro atoms. The Balaban J connectivity index is 2.25. The first-order chi connectivity index (χ1) is 8.97. The lowest BCUT2D eigenvalue weighted by Crippen LogP contribution is -2.12. The van der Waals surface area contributed by atoms with Gasteiger partial charge in [-0.15, -0.1) is 0 Å². The molecule has 7 heteroatoms. The Bertz CT molecular complexity index is 651. The van der Waals surface area contributed by atoms with Gasteiger partial charge in [-0.2, -0.15) is 5.10 Å². The summed E-state index contributed by atoms with van der Waals surface area (Å²) in [4.78, 5) is 22.8. The molecule has 0 saturated carbocycles. The van der Waals surface area contributed by atoms with Crippen LogP contribution in [-0.2, 0) is 7.05 Å². The predicted octanol–water partition coefficient (Wildman–Crippen LogP) is 2.13. The lowest BCUT2D eigenvalue weighted by atomic mass is 10.2. The predicted molar refractivity (Wildman–Crippen MR) is 72.3 cm³/mol. The van der Waals surface area contributed by atoms with Crippen molar-refractivity contribution >= 4 is 33.5 Å². The molecule has 6 nitrogen and oxygen atoms in total. The fraction of sp³-hybridized carbons (Fsp3) is 0.0833. The van der Waals surface area contributed by atoms with Crippen LogP contribution in [0.4, 0.5) is 5.69 Å². The maximum Gasteiger partial charge on any atom is 0.335 e. The van der Waals surface area contributed by atoms with E-state index in [9.17, 15) is 9.59 Å². The van der Waals surface area contributed by atoms with E-state index in [0.29, 0.717) is 15.7 Å². The first-order valence-electron chi connectivity index (χ1n) is 5.30. The van der Waals surface area contributed by atoms with E-state index in [0.717, 1.165) is 0 Å². The number of hydrogen-bond donors (Lipinski definition) is 2. The molecule has 0 radical (unpaired) electrons. The van der Waals surface area contributed by atoms with Crippen LogP contribution in [0.3, 0.4) is 0 Å². The first kappa shape index (κ1) is 13.3. The van der Waals surface area contributed by atoms with Crippen LogP contribution in [0.15, 0.2) is 35.1 Å². The van der Waals surface area contributed by atoms with Crippen molar-refractivity contribution in [3.8, 4) is 0 Å². The number of amides is 1. The quantitative estimate of drug-likeness (QED) is 0.906. The Morgan fingerprint density at radius 1 is 1.37 bits per heavy atom. The number of aryl methyl sites for hydroxylation is 1. The number of aromatic carboxylic acids is 1. The summed E-state index contributed by atoms with van der Waals surface area (Å²) in [6.07, 6.45) is 3.01. The monoisotopic (exact) mass is 323 g/mol. The van der Waals surface area contributed by atoms with Crippen LogP contribution in [-0.4, -0.2) is 26.8 Å². The van der Waals surface area contributed by atoms with Crippen molar-refractivity contribution in [2.24, 2.45) is 7.05 Å². The summed E-state index contributed by atoms with van der Waals surface area (Å²) < 4.78 is 2.12. The summed E-state index contributed by atoms with van der Waals surface area (Å²) in [6.45, 7) is 0. The van der Waals surface area contributed by atoms with E-state index in [-0.39, 0.29) is 11.5 Å². The number of carboxylic acids is 1. The summed E-state index contributed by atoms with van der Waals surface area (Å²) >= 11 is 3.26. The van der Waals surface area contributed by atoms with Crippen LogP contribution in [0.2, 0.25) is 0 Å². The number of aromatic nitrogens is 2. The highest BCUT2D eigenvalue weighted by Crippen LogP contribution is 2.24. The minimum Gasteiger partial charge on any atom is -0.478 e. The van der Waals surface area contributed by atoms with Crippen LogP contribution in [0.5, 0.6) is 0 Å². The molecule has 0 saturated heterocycles. The van der Waals surface area contributed by atoms with Crippen molar-refractivity contribution in [1.29, 1.82) is 0 Å². The van der Waals surface area contributed by atoms with Crippen LogP contribution in [0, 0.1) is 0 Å². The molecule has 0 aliphatic heterocycles. The van der Waals surface area contributed by atoms with Gasteiger partial charge in [0, 0.05) is 17.7 Å². The van der Waals surface area contributed by atoms with Crippen molar-refractivity contribution in [1.82, 2.24) is 9.78 Å². The summed E-state index contributed by atoms with van der Waals surface area (Å²) in [6, 6.07) is 4.41. The van der Waals surface area contributed by atoms with Crippen LogP contribution in [0.25, 0.3) is 0 Å². The molecule has 1 amide bonds. The van der Waals surface area contributed by atoms with Crippen LogP contribution < -0.4 is 5.32 Å². The molecule has 0 aliphatic carbocycles. The van der Waals surface area contributed by atoms with Crippen molar-refractivity contribution in [2.45, 2.75) is 0 Å².